The Hall–Kier alpha value is -2.03. The summed E-state index contributed by atoms with van der Waals surface area (Å²) < 4.78 is 10.9. The molecule has 2 saturated heterocycles. The van der Waals surface area contributed by atoms with Gasteiger partial charge < -0.3 is 30.3 Å². The van der Waals surface area contributed by atoms with E-state index < -0.39 is 6.09 Å². The largest absolute Gasteiger partial charge is 0.453 e. The molecular formula is C27H41ClN4O4. The fourth-order valence-electron chi connectivity index (χ4n) is 6.28. The fraction of sp³-hybridized carbons (Fsp3) is 0.704. The van der Waals surface area contributed by atoms with Crippen molar-refractivity contribution >= 4 is 23.7 Å². The minimum Gasteiger partial charge on any atom is -0.453 e. The lowest BCUT2D eigenvalue weighted by atomic mass is 9.80. The molecule has 0 radical (unpaired) electrons. The van der Waals surface area contributed by atoms with Gasteiger partial charge in [0.1, 0.15) is 0 Å². The Bertz CT molecular complexity index is 866. The van der Waals surface area contributed by atoms with Crippen LogP contribution in [0.4, 0.5) is 9.59 Å². The van der Waals surface area contributed by atoms with Crippen LogP contribution in [0.5, 0.6) is 0 Å². The average molecular weight is 521 g/mol. The normalized spacial score (nSPS) is 25.8. The van der Waals surface area contributed by atoms with E-state index >= 15 is 0 Å². The smallest absolute Gasteiger partial charge is 0.406 e. The predicted octanol–water partition coefficient (Wildman–Crippen LogP) is 4.34. The molecular weight excluding hydrogens is 480 g/mol. The van der Waals surface area contributed by atoms with Gasteiger partial charge in [-0.05, 0) is 55.3 Å². The number of rotatable bonds is 8. The molecule has 1 aliphatic carbocycles. The summed E-state index contributed by atoms with van der Waals surface area (Å²) in [6.45, 7) is 3.96. The molecule has 4 atom stereocenters. The maximum Gasteiger partial charge on any atom is 0.406 e. The molecule has 9 heteroatoms. The first-order chi connectivity index (χ1) is 17.5. The molecule has 1 unspecified atom stereocenters. The molecule has 1 aromatic carbocycles. The Morgan fingerprint density at radius 2 is 2.03 bits per heavy atom. The molecule has 1 aromatic rings. The highest BCUT2D eigenvalue weighted by Gasteiger charge is 2.36. The number of likely N-dealkylation sites (tertiary alicyclic amines) is 1. The molecule has 0 aromatic heterocycles. The van der Waals surface area contributed by atoms with Crippen LogP contribution in [-0.2, 0) is 9.47 Å². The Morgan fingerprint density at radius 3 is 2.81 bits per heavy atom. The summed E-state index contributed by atoms with van der Waals surface area (Å²) in [6.07, 6.45) is 7.57. The third-order valence-electron chi connectivity index (χ3n) is 8.05. The van der Waals surface area contributed by atoms with Gasteiger partial charge in [-0.15, -0.1) is 0 Å². The summed E-state index contributed by atoms with van der Waals surface area (Å²) in [4.78, 5) is 26.8. The number of halogens is 1. The lowest BCUT2D eigenvalue weighted by molar-refractivity contribution is -0.00883. The van der Waals surface area contributed by atoms with Gasteiger partial charge >= 0.3 is 12.1 Å². The highest BCUT2D eigenvalue weighted by atomic mass is 35.5. The molecule has 3 N–H and O–H groups in total. The third-order valence-corrected chi connectivity index (χ3v) is 8.29. The minimum atomic E-state index is -0.480. The summed E-state index contributed by atoms with van der Waals surface area (Å²) in [5.74, 6) is 1.45. The van der Waals surface area contributed by atoms with Gasteiger partial charge in [0.2, 0.25) is 0 Å². The number of nitrogens with one attached hydrogen (secondary N) is 3. The lowest BCUT2D eigenvalue weighted by Crippen LogP contribution is -2.57. The highest BCUT2D eigenvalue weighted by Crippen LogP contribution is 2.37. The summed E-state index contributed by atoms with van der Waals surface area (Å²) >= 11 is 6.30. The maximum absolute atomic E-state index is 13.4. The van der Waals surface area contributed by atoms with Crippen LogP contribution in [-0.4, -0.2) is 69.5 Å². The van der Waals surface area contributed by atoms with Crippen LogP contribution in [0.15, 0.2) is 24.3 Å². The van der Waals surface area contributed by atoms with Crippen molar-refractivity contribution in [3.05, 3.63) is 34.9 Å². The zero-order valence-electron chi connectivity index (χ0n) is 21.3. The predicted molar refractivity (Wildman–Crippen MR) is 140 cm³/mol. The average Bonchev–Trinajstić information content (AvgIpc) is 3.44. The van der Waals surface area contributed by atoms with Crippen LogP contribution in [0, 0.1) is 17.8 Å². The number of benzene rings is 1. The van der Waals surface area contributed by atoms with E-state index in [4.69, 9.17) is 16.3 Å². The third kappa shape index (κ3) is 7.26. The molecule has 2 heterocycles. The van der Waals surface area contributed by atoms with Crippen molar-refractivity contribution in [3.8, 4) is 0 Å². The van der Waals surface area contributed by atoms with Gasteiger partial charge in [-0.25, -0.2) is 9.59 Å². The number of alkyl carbamates (subject to hydrolysis) is 1. The lowest BCUT2D eigenvalue weighted by Gasteiger charge is -2.40. The monoisotopic (exact) mass is 520 g/mol. The minimum absolute atomic E-state index is 0.0357. The molecule has 4 rings (SSSR count). The van der Waals surface area contributed by atoms with E-state index in [-0.39, 0.29) is 24.1 Å². The number of methoxy groups -OCH3 is 1. The van der Waals surface area contributed by atoms with Crippen molar-refractivity contribution < 1.29 is 19.1 Å². The van der Waals surface area contributed by atoms with Crippen molar-refractivity contribution in [1.82, 2.24) is 20.9 Å². The first-order valence-corrected chi connectivity index (χ1v) is 13.9. The van der Waals surface area contributed by atoms with Gasteiger partial charge in [-0.2, -0.15) is 0 Å². The van der Waals surface area contributed by atoms with Gasteiger partial charge in [0.05, 0.1) is 19.8 Å². The number of carbonyl (C=O) groups is 2. The fourth-order valence-corrected chi connectivity index (χ4v) is 6.48. The highest BCUT2D eigenvalue weighted by molar-refractivity contribution is 6.30. The second-order valence-electron chi connectivity index (χ2n) is 10.4. The van der Waals surface area contributed by atoms with E-state index in [1.165, 1.54) is 32.8 Å². The van der Waals surface area contributed by atoms with Crippen LogP contribution >= 0.6 is 11.6 Å². The van der Waals surface area contributed by atoms with Crippen LogP contribution in [0.2, 0.25) is 5.02 Å². The van der Waals surface area contributed by atoms with E-state index in [0.29, 0.717) is 30.6 Å². The zero-order chi connectivity index (χ0) is 25.3. The number of ether oxygens (including phenoxy) is 2. The number of carbonyl (C=O) groups excluding carboxylic acids is 2. The van der Waals surface area contributed by atoms with Crippen LogP contribution in [0.1, 0.15) is 56.6 Å². The van der Waals surface area contributed by atoms with Crippen molar-refractivity contribution in [2.75, 3.05) is 46.4 Å². The number of hydrogen-bond acceptors (Lipinski definition) is 5. The SMILES string of the molecule is COC(=O)NCCOC(c1cccc(Cl)c1)[C@@H]1CCCN(C(=O)N[C@H]2CNCC[C@@H]2C2CCCC2)C1. The maximum atomic E-state index is 13.4. The second-order valence-corrected chi connectivity index (χ2v) is 10.8. The first-order valence-electron chi connectivity index (χ1n) is 13.5. The number of hydrogen-bond donors (Lipinski definition) is 3. The van der Waals surface area contributed by atoms with Crippen LogP contribution in [0.25, 0.3) is 0 Å². The van der Waals surface area contributed by atoms with E-state index in [0.717, 1.165) is 50.4 Å². The van der Waals surface area contributed by atoms with Crippen molar-refractivity contribution in [1.29, 1.82) is 0 Å². The van der Waals surface area contributed by atoms with E-state index in [1.54, 1.807) is 0 Å². The molecule has 36 heavy (non-hydrogen) atoms. The Balaban J connectivity index is 1.39. The van der Waals surface area contributed by atoms with E-state index in [2.05, 4.69) is 20.7 Å². The van der Waals surface area contributed by atoms with E-state index in [9.17, 15) is 9.59 Å². The molecule has 8 nitrogen and oxygen atoms in total. The van der Waals surface area contributed by atoms with Gasteiger partial charge in [0.25, 0.3) is 0 Å². The van der Waals surface area contributed by atoms with Gasteiger partial charge in [0, 0.05) is 43.2 Å². The van der Waals surface area contributed by atoms with Crippen LogP contribution < -0.4 is 16.0 Å². The molecule has 2 aliphatic heterocycles. The molecule has 0 spiro atoms. The van der Waals surface area contributed by atoms with Crippen molar-refractivity contribution in [2.45, 2.75) is 57.1 Å². The standard InChI is InChI=1S/C27H41ClN4O4/c1-35-27(34)30-13-15-36-25(20-8-4-10-22(28)16-20)21-9-5-14-32(18-21)26(33)31-24-17-29-12-11-23(24)19-6-2-3-7-19/h4,8,10,16,19,21,23-25,29H,2-3,5-7,9,11-15,17-18H2,1H3,(H,30,34)(H,31,33)/t21-,23-,24+,25?/m1/s1. The molecule has 3 fully saturated rings. The Morgan fingerprint density at radius 1 is 1.19 bits per heavy atom. The summed E-state index contributed by atoms with van der Waals surface area (Å²) in [5.41, 5.74) is 0.991. The van der Waals surface area contributed by atoms with Gasteiger partial charge in [0.15, 0.2) is 0 Å². The Labute approximate surface area is 219 Å². The number of urea groups is 1. The number of nitrogens with zero attached hydrogens (tertiary/aromatic N) is 1. The van der Waals surface area contributed by atoms with Gasteiger partial charge in [-0.3, -0.25) is 0 Å². The van der Waals surface area contributed by atoms with Crippen LogP contribution in [0.3, 0.4) is 0 Å². The summed E-state index contributed by atoms with van der Waals surface area (Å²) in [5, 5.41) is 10.2. The number of piperidine rings is 2. The zero-order valence-corrected chi connectivity index (χ0v) is 22.1. The number of amides is 3. The van der Waals surface area contributed by atoms with E-state index in [1.807, 2.05) is 29.2 Å². The summed E-state index contributed by atoms with van der Waals surface area (Å²) in [6, 6.07) is 7.95. The molecule has 1 saturated carbocycles. The first kappa shape index (κ1) is 27.0. The second kappa shape index (κ2) is 13.5. The quantitative estimate of drug-likeness (QED) is 0.443. The van der Waals surface area contributed by atoms with Crippen molar-refractivity contribution in [2.24, 2.45) is 17.8 Å². The molecule has 3 amide bonds. The summed E-state index contributed by atoms with van der Waals surface area (Å²) in [7, 11) is 1.34. The Kier molecular flexibility index (Phi) is 10.1. The van der Waals surface area contributed by atoms with Gasteiger partial charge in [-0.1, -0.05) is 49.4 Å². The topological polar surface area (TPSA) is 91.9 Å². The van der Waals surface area contributed by atoms with Crippen molar-refractivity contribution in [3.63, 3.8) is 0 Å². The molecule has 200 valence electrons. The molecule has 0 bridgehead atoms. The molecule has 3 aliphatic rings.